The fraction of sp³-hybridized carbons (Fsp3) is 0.125. The van der Waals surface area contributed by atoms with Gasteiger partial charge in [-0.2, -0.15) is 0 Å². The topological polar surface area (TPSA) is 18.5 Å². The van der Waals surface area contributed by atoms with Gasteiger partial charge in [0.2, 0.25) is 0 Å². The van der Waals surface area contributed by atoms with Gasteiger partial charge in [0.15, 0.2) is 0 Å². The first-order valence-electron chi connectivity index (χ1n) is 6.16. The maximum atomic E-state index is 5.79. The van der Waals surface area contributed by atoms with Crippen molar-refractivity contribution in [3.63, 3.8) is 0 Å². The van der Waals surface area contributed by atoms with Crippen LogP contribution in [0.3, 0.4) is 0 Å². The third-order valence-electron chi connectivity index (χ3n) is 2.49. The second-order valence-electron chi connectivity index (χ2n) is 4.00. The molecule has 0 saturated carbocycles. The molecule has 0 aliphatic heterocycles. The summed E-state index contributed by atoms with van der Waals surface area (Å²) in [4.78, 5) is 0. The number of rotatable bonds is 6. The largest absolute Gasteiger partial charge is 0.490 e. The number of halogens is 2. The molecule has 0 saturated heterocycles. The molecule has 0 aliphatic rings. The maximum absolute atomic E-state index is 5.79. The molecule has 2 nitrogen and oxygen atoms in total. The summed E-state index contributed by atoms with van der Waals surface area (Å²) in [6.45, 7) is 0.983. The summed E-state index contributed by atoms with van der Waals surface area (Å²) in [6, 6.07) is 14.5. The van der Waals surface area contributed by atoms with Crippen molar-refractivity contribution in [3.05, 3.63) is 70.7 Å². The molecule has 2 aromatic rings. The van der Waals surface area contributed by atoms with E-state index < -0.39 is 0 Å². The Labute approximate surface area is 128 Å². The molecule has 2 rings (SSSR count). The molecular formula is C16H14Cl2O2. The third-order valence-corrected chi connectivity index (χ3v) is 2.99. The Morgan fingerprint density at radius 2 is 1.00 bits per heavy atom. The summed E-state index contributed by atoms with van der Waals surface area (Å²) >= 11 is 11.6. The van der Waals surface area contributed by atoms with Gasteiger partial charge in [-0.3, -0.25) is 0 Å². The Bertz CT molecular complexity index is 496. The van der Waals surface area contributed by atoms with Crippen LogP contribution >= 0.6 is 23.2 Å². The zero-order valence-corrected chi connectivity index (χ0v) is 12.3. The van der Waals surface area contributed by atoms with Gasteiger partial charge in [0.25, 0.3) is 0 Å². The van der Waals surface area contributed by atoms with Crippen LogP contribution < -0.4 is 9.47 Å². The number of ether oxygens (including phenoxy) is 2. The summed E-state index contributed by atoms with van der Waals surface area (Å²) in [5, 5.41) is 1.40. The fourth-order valence-electron chi connectivity index (χ4n) is 1.49. The first kappa shape index (κ1) is 14.8. The molecule has 0 radical (unpaired) electrons. The van der Waals surface area contributed by atoms with Gasteiger partial charge in [0.05, 0.1) is 0 Å². The smallest absolute Gasteiger partial charge is 0.119 e. The minimum atomic E-state index is 0.492. The monoisotopic (exact) mass is 308 g/mol. The minimum absolute atomic E-state index is 0.492. The first-order valence-corrected chi connectivity index (χ1v) is 6.91. The highest BCUT2D eigenvalue weighted by atomic mass is 35.5. The Kier molecular flexibility index (Phi) is 5.78. The van der Waals surface area contributed by atoms with Gasteiger partial charge in [0.1, 0.15) is 24.7 Å². The lowest BCUT2D eigenvalue weighted by Gasteiger charge is -2.04. The van der Waals surface area contributed by atoms with Crippen molar-refractivity contribution in [2.45, 2.75) is 0 Å². The molecule has 0 N–H and O–H groups in total. The molecule has 4 heteroatoms. The SMILES string of the molecule is Clc1ccc(OC/C=C\COc2ccc(Cl)cc2)cc1. The van der Waals surface area contributed by atoms with Crippen molar-refractivity contribution < 1.29 is 9.47 Å². The van der Waals surface area contributed by atoms with Crippen LogP contribution in [0.2, 0.25) is 10.0 Å². The van der Waals surface area contributed by atoms with E-state index in [9.17, 15) is 0 Å². The van der Waals surface area contributed by atoms with Crippen LogP contribution in [0.1, 0.15) is 0 Å². The van der Waals surface area contributed by atoms with E-state index in [-0.39, 0.29) is 0 Å². The highest BCUT2D eigenvalue weighted by molar-refractivity contribution is 6.30. The second kappa shape index (κ2) is 7.83. The Morgan fingerprint density at radius 1 is 0.650 bits per heavy atom. The predicted octanol–water partition coefficient (Wildman–Crippen LogP) is 5.01. The van der Waals surface area contributed by atoms with Crippen LogP contribution in [-0.4, -0.2) is 13.2 Å². The van der Waals surface area contributed by atoms with E-state index in [4.69, 9.17) is 32.7 Å². The molecule has 0 aromatic heterocycles. The number of hydrogen-bond donors (Lipinski definition) is 0. The van der Waals surface area contributed by atoms with E-state index in [1.807, 2.05) is 36.4 Å². The zero-order valence-electron chi connectivity index (χ0n) is 10.8. The van der Waals surface area contributed by atoms with Crippen molar-refractivity contribution in [2.24, 2.45) is 0 Å². The van der Waals surface area contributed by atoms with Crippen LogP contribution in [0.25, 0.3) is 0 Å². The maximum Gasteiger partial charge on any atom is 0.119 e. The molecule has 0 unspecified atom stereocenters. The van der Waals surface area contributed by atoms with Crippen LogP contribution in [0.15, 0.2) is 60.7 Å². The van der Waals surface area contributed by atoms with Gasteiger partial charge in [-0.05, 0) is 60.7 Å². The highest BCUT2D eigenvalue weighted by Gasteiger charge is 1.92. The Balaban J connectivity index is 1.67. The lowest BCUT2D eigenvalue weighted by atomic mass is 10.3. The van der Waals surface area contributed by atoms with Crippen molar-refractivity contribution in [3.8, 4) is 11.5 Å². The van der Waals surface area contributed by atoms with E-state index in [2.05, 4.69) is 0 Å². The van der Waals surface area contributed by atoms with Gasteiger partial charge in [-0.1, -0.05) is 23.2 Å². The van der Waals surface area contributed by atoms with Crippen LogP contribution in [0.5, 0.6) is 11.5 Å². The summed E-state index contributed by atoms with van der Waals surface area (Å²) in [5.41, 5.74) is 0. The normalized spacial score (nSPS) is 10.7. The zero-order chi connectivity index (χ0) is 14.2. The number of benzene rings is 2. The minimum Gasteiger partial charge on any atom is -0.490 e. The van der Waals surface area contributed by atoms with E-state index in [1.54, 1.807) is 24.3 Å². The number of hydrogen-bond acceptors (Lipinski definition) is 2. The highest BCUT2D eigenvalue weighted by Crippen LogP contribution is 2.16. The quantitative estimate of drug-likeness (QED) is 0.699. The lowest BCUT2D eigenvalue weighted by molar-refractivity contribution is 0.350. The van der Waals surface area contributed by atoms with Crippen LogP contribution in [0, 0.1) is 0 Å². The Morgan fingerprint density at radius 3 is 1.35 bits per heavy atom. The second-order valence-corrected chi connectivity index (χ2v) is 4.87. The average Bonchev–Trinajstić information content (AvgIpc) is 2.46. The standard InChI is InChI=1S/C16H14Cl2O2/c17-13-3-7-15(8-4-13)19-11-1-2-12-20-16-9-5-14(18)6-10-16/h1-10H,11-12H2/b2-1-. The van der Waals surface area contributed by atoms with Crippen molar-refractivity contribution >= 4 is 23.2 Å². The molecule has 0 atom stereocenters. The summed E-state index contributed by atoms with van der Waals surface area (Å²) in [5.74, 6) is 1.58. The molecule has 0 bridgehead atoms. The molecule has 2 aromatic carbocycles. The van der Waals surface area contributed by atoms with E-state index in [0.717, 1.165) is 11.5 Å². The van der Waals surface area contributed by atoms with Gasteiger partial charge >= 0.3 is 0 Å². The first-order chi connectivity index (χ1) is 9.74. The van der Waals surface area contributed by atoms with Gasteiger partial charge < -0.3 is 9.47 Å². The van der Waals surface area contributed by atoms with Crippen LogP contribution in [-0.2, 0) is 0 Å². The fourth-order valence-corrected chi connectivity index (χ4v) is 1.74. The molecule has 0 aliphatic carbocycles. The lowest BCUT2D eigenvalue weighted by Crippen LogP contribution is -1.96. The summed E-state index contributed by atoms with van der Waals surface area (Å²) < 4.78 is 11.0. The van der Waals surface area contributed by atoms with E-state index >= 15 is 0 Å². The molecule has 0 amide bonds. The molecule has 0 heterocycles. The van der Waals surface area contributed by atoms with Gasteiger partial charge in [-0.25, -0.2) is 0 Å². The Hall–Kier alpha value is -1.64. The molecule has 0 spiro atoms. The van der Waals surface area contributed by atoms with Gasteiger partial charge in [0, 0.05) is 10.0 Å². The average molecular weight is 309 g/mol. The molecule has 104 valence electrons. The molecule has 0 fully saturated rings. The predicted molar refractivity (Wildman–Crippen MR) is 83.0 cm³/mol. The third kappa shape index (κ3) is 5.16. The summed E-state index contributed by atoms with van der Waals surface area (Å²) in [7, 11) is 0. The van der Waals surface area contributed by atoms with Crippen molar-refractivity contribution in [1.82, 2.24) is 0 Å². The van der Waals surface area contributed by atoms with E-state index in [0.29, 0.717) is 23.3 Å². The van der Waals surface area contributed by atoms with Crippen molar-refractivity contribution in [1.29, 1.82) is 0 Å². The van der Waals surface area contributed by atoms with Gasteiger partial charge in [-0.15, -0.1) is 0 Å². The summed E-state index contributed by atoms with van der Waals surface area (Å²) in [6.07, 6.45) is 3.81. The molecular weight excluding hydrogens is 295 g/mol. The molecule has 20 heavy (non-hydrogen) atoms. The van der Waals surface area contributed by atoms with E-state index in [1.165, 1.54) is 0 Å². The van der Waals surface area contributed by atoms with Crippen molar-refractivity contribution in [2.75, 3.05) is 13.2 Å². The van der Waals surface area contributed by atoms with Crippen LogP contribution in [0.4, 0.5) is 0 Å².